The number of ether oxygens (including phenoxy) is 1. The molecule has 0 aromatic heterocycles. The molecule has 2 aromatic rings. The van der Waals surface area contributed by atoms with E-state index < -0.39 is 32.7 Å². The van der Waals surface area contributed by atoms with Crippen molar-refractivity contribution in [3.63, 3.8) is 0 Å². The van der Waals surface area contributed by atoms with Gasteiger partial charge in [-0.05, 0) is 55.5 Å². The molecule has 0 aliphatic heterocycles. The van der Waals surface area contributed by atoms with Crippen molar-refractivity contribution in [2.75, 3.05) is 28.8 Å². The summed E-state index contributed by atoms with van der Waals surface area (Å²) < 4.78 is 29.9. The summed E-state index contributed by atoms with van der Waals surface area (Å²) in [4.78, 5) is 35.5. The van der Waals surface area contributed by atoms with Crippen LogP contribution >= 0.6 is 0 Å². The molecule has 0 aliphatic rings. The van der Waals surface area contributed by atoms with Crippen LogP contribution in [0.25, 0.3) is 0 Å². The lowest BCUT2D eigenvalue weighted by Gasteiger charge is -2.14. The number of hydrogen-bond acceptors (Lipinski definition) is 6. The Kier molecular flexibility index (Phi) is 7.54. The van der Waals surface area contributed by atoms with E-state index in [1.807, 2.05) is 0 Å². The number of benzene rings is 2. The van der Waals surface area contributed by atoms with E-state index in [1.165, 1.54) is 33.1 Å². The molecule has 2 rings (SSSR count). The zero-order valence-corrected chi connectivity index (χ0v) is 17.6. The second-order valence-electron chi connectivity index (χ2n) is 6.47. The van der Waals surface area contributed by atoms with Crippen molar-refractivity contribution in [3.05, 3.63) is 48.5 Å². The summed E-state index contributed by atoms with van der Waals surface area (Å²) in [5.74, 6) is -2.00. The van der Waals surface area contributed by atoms with Gasteiger partial charge in [-0.25, -0.2) is 8.42 Å². The lowest BCUT2D eigenvalue weighted by atomic mass is 10.2. The lowest BCUT2D eigenvalue weighted by molar-refractivity contribution is -0.116. The Morgan fingerprint density at radius 3 is 1.83 bits per heavy atom. The van der Waals surface area contributed by atoms with Crippen molar-refractivity contribution in [3.8, 4) is 5.75 Å². The summed E-state index contributed by atoms with van der Waals surface area (Å²) >= 11 is 0. The molecule has 0 saturated heterocycles. The maximum absolute atomic E-state index is 12.4. The normalized spacial score (nSPS) is 11.8. The van der Waals surface area contributed by atoms with E-state index in [0.29, 0.717) is 22.8 Å². The zero-order chi connectivity index (χ0) is 22.3. The van der Waals surface area contributed by atoms with Gasteiger partial charge in [0.2, 0.25) is 17.7 Å². The number of sulfone groups is 1. The number of carbonyl (C=O) groups is 3. The summed E-state index contributed by atoms with van der Waals surface area (Å²) in [5, 5.41) is 6.11. The highest BCUT2D eigenvalue weighted by molar-refractivity contribution is 7.93. The Morgan fingerprint density at radius 1 is 0.867 bits per heavy atom. The van der Waals surface area contributed by atoms with Gasteiger partial charge in [0.05, 0.1) is 7.11 Å². The number of rotatable bonds is 8. The minimum atomic E-state index is -4.04. The number of hydrogen-bond donors (Lipinski definition) is 3. The van der Waals surface area contributed by atoms with Crippen molar-refractivity contribution in [2.24, 2.45) is 0 Å². The molecule has 160 valence electrons. The van der Waals surface area contributed by atoms with Gasteiger partial charge in [-0.1, -0.05) is 0 Å². The summed E-state index contributed by atoms with van der Waals surface area (Å²) in [7, 11) is -2.54. The first-order valence-corrected chi connectivity index (χ1v) is 10.7. The second-order valence-corrected chi connectivity index (χ2v) is 8.80. The summed E-state index contributed by atoms with van der Waals surface area (Å²) in [5.41, 5.74) is 1.31. The van der Waals surface area contributed by atoms with E-state index in [9.17, 15) is 22.8 Å². The van der Waals surface area contributed by atoms with Gasteiger partial charge in [-0.3, -0.25) is 14.4 Å². The molecule has 0 spiro atoms. The quantitative estimate of drug-likeness (QED) is 0.584. The Hall–Kier alpha value is -3.40. The van der Waals surface area contributed by atoms with Crippen LogP contribution in [0.4, 0.5) is 17.1 Å². The maximum atomic E-state index is 12.4. The number of anilines is 3. The van der Waals surface area contributed by atoms with Crippen molar-refractivity contribution < 1.29 is 27.5 Å². The highest BCUT2D eigenvalue weighted by Gasteiger charge is 2.30. The summed E-state index contributed by atoms with van der Waals surface area (Å²) in [6.07, 6.45) is 0. The molecule has 2 aromatic carbocycles. The van der Waals surface area contributed by atoms with Crippen molar-refractivity contribution in [1.29, 1.82) is 0 Å². The molecule has 10 heteroatoms. The molecule has 3 N–H and O–H groups in total. The van der Waals surface area contributed by atoms with E-state index in [2.05, 4.69) is 16.0 Å². The van der Waals surface area contributed by atoms with Crippen molar-refractivity contribution in [2.45, 2.75) is 19.1 Å². The monoisotopic (exact) mass is 433 g/mol. The maximum Gasteiger partial charge on any atom is 0.242 e. The van der Waals surface area contributed by atoms with Gasteiger partial charge >= 0.3 is 0 Å². The van der Waals surface area contributed by atoms with Crippen LogP contribution in [-0.4, -0.2) is 44.3 Å². The minimum absolute atomic E-state index is 0.237. The van der Waals surface area contributed by atoms with Crippen molar-refractivity contribution >= 4 is 44.6 Å². The Balaban J connectivity index is 1.95. The molecular formula is C20H23N3O6S. The van der Waals surface area contributed by atoms with Gasteiger partial charge in [0, 0.05) is 24.0 Å². The second kappa shape index (κ2) is 9.88. The molecule has 0 heterocycles. The predicted molar refractivity (Wildman–Crippen MR) is 114 cm³/mol. The molecule has 1 unspecified atom stereocenters. The Morgan fingerprint density at radius 2 is 1.33 bits per heavy atom. The van der Waals surface area contributed by atoms with E-state index in [-0.39, 0.29) is 5.91 Å². The standard InChI is InChI=1S/C20H23N3O6S/c1-13(20(26)23-17-6-4-15(5-7-17)21-14(2)24)30(27,28)12-19(25)22-16-8-10-18(29-3)11-9-16/h4-11,13H,12H2,1-3H3,(H,21,24)(H,22,25)(H,23,26). The lowest BCUT2D eigenvalue weighted by Crippen LogP contribution is -2.37. The molecule has 0 fully saturated rings. The van der Waals surface area contributed by atoms with Crippen LogP contribution in [-0.2, 0) is 24.2 Å². The molecule has 0 saturated carbocycles. The van der Waals surface area contributed by atoms with Crippen molar-refractivity contribution in [1.82, 2.24) is 0 Å². The van der Waals surface area contributed by atoms with Gasteiger partial charge in [0.25, 0.3) is 0 Å². The molecule has 0 bridgehead atoms. The molecule has 1 atom stereocenters. The van der Waals surface area contributed by atoms with Gasteiger partial charge < -0.3 is 20.7 Å². The smallest absolute Gasteiger partial charge is 0.242 e. The van der Waals surface area contributed by atoms with Crippen LogP contribution in [0.3, 0.4) is 0 Å². The van der Waals surface area contributed by atoms with Crippen LogP contribution < -0.4 is 20.7 Å². The average molecular weight is 433 g/mol. The SMILES string of the molecule is COc1ccc(NC(=O)CS(=O)(=O)C(C)C(=O)Nc2ccc(NC(C)=O)cc2)cc1. The zero-order valence-electron chi connectivity index (χ0n) is 16.8. The third-order valence-electron chi connectivity index (χ3n) is 4.09. The van der Waals surface area contributed by atoms with Gasteiger partial charge in [0.1, 0.15) is 16.8 Å². The highest BCUT2D eigenvalue weighted by Crippen LogP contribution is 2.17. The topological polar surface area (TPSA) is 131 Å². The van der Waals surface area contributed by atoms with Crippen LogP contribution in [0.2, 0.25) is 0 Å². The third kappa shape index (κ3) is 6.59. The molecule has 0 radical (unpaired) electrons. The number of methoxy groups -OCH3 is 1. The highest BCUT2D eigenvalue weighted by atomic mass is 32.2. The number of nitrogens with one attached hydrogen (secondary N) is 3. The molecule has 3 amide bonds. The fourth-order valence-electron chi connectivity index (χ4n) is 2.43. The predicted octanol–water partition coefficient (Wildman–Crippen LogP) is 2.03. The first-order valence-electron chi connectivity index (χ1n) is 8.94. The fourth-order valence-corrected chi connectivity index (χ4v) is 3.50. The molecular weight excluding hydrogens is 410 g/mol. The largest absolute Gasteiger partial charge is 0.497 e. The van der Waals surface area contributed by atoms with Gasteiger partial charge in [-0.2, -0.15) is 0 Å². The average Bonchev–Trinajstić information content (AvgIpc) is 2.68. The van der Waals surface area contributed by atoms with Gasteiger partial charge in [0.15, 0.2) is 9.84 Å². The van der Waals surface area contributed by atoms with E-state index >= 15 is 0 Å². The van der Waals surface area contributed by atoms with Crippen LogP contribution in [0.1, 0.15) is 13.8 Å². The third-order valence-corrected chi connectivity index (χ3v) is 6.04. The van der Waals surface area contributed by atoms with E-state index in [0.717, 1.165) is 0 Å². The first-order chi connectivity index (χ1) is 14.1. The van der Waals surface area contributed by atoms with Crippen LogP contribution in [0, 0.1) is 0 Å². The Bertz CT molecular complexity index is 1020. The molecule has 9 nitrogen and oxygen atoms in total. The molecule has 30 heavy (non-hydrogen) atoms. The fraction of sp³-hybridized carbons (Fsp3) is 0.250. The minimum Gasteiger partial charge on any atom is -0.497 e. The Labute approximate surface area is 174 Å². The summed E-state index contributed by atoms with van der Waals surface area (Å²) in [6.45, 7) is 2.59. The molecule has 0 aliphatic carbocycles. The first kappa shape index (κ1) is 22.9. The van der Waals surface area contributed by atoms with Gasteiger partial charge in [-0.15, -0.1) is 0 Å². The van der Waals surface area contributed by atoms with Crippen LogP contribution in [0.15, 0.2) is 48.5 Å². The summed E-state index contributed by atoms with van der Waals surface area (Å²) in [6, 6.07) is 12.6. The van der Waals surface area contributed by atoms with E-state index in [4.69, 9.17) is 4.74 Å². The number of carbonyl (C=O) groups excluding carboxylic acids is 3. The van der Waals surface area contributed by atoms with E-state index in [1.54, 1.807) is 36.4 Å². The van der Waals surface area contributed by atoms with Crippen LogP contribution in [0.5, 0.6) is 5.75 Å². The number of amides is 3.